The topological polar surface area (TPSA) is 159 Å². The van der Waals surface area contributed by atoms with E-state index in [-0.39, 0.29) is 59.3 Å². The van der Waals surface area contributed by atoms with E-state index in [4.69, 9.17) is 5.73 Å². The Kier molecular flexibility index (Phi) is 13.4. The van der Waals surface area contributed by atoms with Gasteiger partial charge in [0.15, 0.2) is 0 Å². The first-order valence-corrected chi connectivity index (χ1v) is 18.2. The van der Waals surface area contributed by atoms with E-state index >= 15 is 0 Å². The van der Waals surface area contributed by atoms with E-state index in [0.29, 0.717) is 55.3 Å². The number of nitrogens with two attached hydrogens (primary N) is 1. The van der Waals surface area contributed by atoms with Crippen molar-refractivity contribution in [2.24, 2.45) is 17.6 Å². The van der Waals surface area contributed by atoms with E-state index in [1.165, 1.54) is 22.7 Å². The van der Waals surface area contributed by atoms with Crippen molar-refractivity contribution in [1.29, 1.82) is 0 Å². The van der Waals surface area contributed by atoms with Crippen molar-refractivity contribution < 1.29 is 19.2 Å². The SMILES string of the molecule is CC[C@H](C)[C@@H](N)C(=O)N1CCCNC(=O)c2csc(n2)[C@H](Cc2ccccc2)NC(=O)c2csc(n2)[C@H](CC(C)C)NC(=O)CCC1. The highest BCUT2D eigenvalue weighted by Gasteiger charge is 2.27. The number of fused-ring (bicyclic) bond motifs is 4. The van der Waals surface area contributed by atoms with Gasteiger partial charge in [-0.05, 0) is 43.1 Å². The lowest BCUT2D eigenvalue weighted by Gasteiger charge is -2.28. The third-order valence-electron chi connectivity index (χ3n) is 8.31. The normalized spacial score (nSPS) is 20.0. The first-order chi connectivity index (χ1) is 22.5. The van der Waals surface area contributed by atoms with Gasteiger partial charge in [0.25, 0.3) is 11.8 Å². The molecule has 47 heavy (non-hydrogen) atoms. The molecule has 4 amide bonds. The van der Waals surface area contributed by atoms with E-state index in [9.17, 15) is 19.2 Å². The van der Waals surface area contributed by atoms with Crippen LogP contribution in [-0.4, -0.2) is 64.2 Å². The summed E-state index contributed by atoms with van der Waals surface area (Å²) in [5.74, 6) is -0.678. The molecule has 0 saturated heterocycles. The number of carbonyl (C=O) groups is 4. The number of hydrogen-bond donors (Lipinski definition) is 4. The molecule has 0 aliphatic carbocycles. The Morgan fingerprint density at radius 3 is 2.23 bits per heavy atom. The lowest BCUT2D eigenvalue weighted by atomic mass is 9.98. The Balaban J connectivity index is 1.61. The van der Waals surface area contributed by atoms with Crippen LogP contribution in [0.2, 0.25) is 0 Å². The molecule has 0 fully saturated rings. The molecule has 0 spiro atoms. The number of nitrogens with zero attached hydrogens (tertiary/aromatic N) is 3. The number of nitrogens with one attached hydrogen (secondary N) is 3. The molecular formula is C34H47N7O4S2. The Hall–Kier alpha value is -3.68. The minimum atomic E-state index is -0.638. The summed E-state index contributed by atoms with van der Waals surface area (Å²) >= 11 is 2.65. The van der Waals surface area contributed by atoms with Gasteiger partial charge < -0.3 is 26.6 Å². The molecule has 0 unspecified atom stereocenters. The summed E-state index contributed by atoms with van der Waals surface area (Å²) in [4.78, 5) is 64.1. The highest BCUT2D eigenvalue weighted by molar-refractivity contribution is 7.10. The van der Waals surface area contributed by atoms with E-state index in [1.807, 2.05) is 44.2 Å². The Morgan fingerprint density at radius 1 is 0.936 bits per heavy atom. The highest BCUT2D eigenvalue weighted by atomic mass is 32.1. The number of benzene rings is 1. The lowest BCUT2D eigenvalue weighted by Crippen LogP contribution is -2.48. The van der Waals surface area contributed by atoms with E-state index in [1.54, 1.807) is 15.7 Å². The number of carbonyl (C=O) groups excluding carboxylic acids is 4. The summed E-state index contributed by atoms with van der Waals surface area (Å²) in [5, 5.41) is 13.8. The zero-order valence-corrected chi connectivity index (χ0v) is 29.3. The first kappa shape index (κ1) is 36.2. The van der Waals surface area contributed by atoms with Gasteiger partial charge in [-0.3, -0.25) is 19.2 Å². The summed E-state index contributed by atoms with van der Waals surface area (Å²) < 4.78 is 0. The maximum Gasteiger partial charge on any atom is 0.271 e. The standard InChI is InChI=1S/C34H47N7O4S2/c1-5-22(4)29(35)34(45)41-15-9-13-28(42)37-24(17-21(2)3)32-40-27(20-47-32)31(44)38-25(18-23-11-7-6-8-12-23)33-39-26(19-46-33)30(43)36-14-10-16-41/h6-8,11-12,19-22,24-25,29H,5,9-10,13-18,35H2,1-4H3,(H,36,43)(H,37,42)(H,38,44)/t22-,24-,25-,29+/m0/s1. The molecule has 3 aromatic rings. The molecule has 1 aromatic carbocycles. The molecule has 0 saturated carbocycles. The molecule has 2 aromatic heterocycles. The molecule has 0 radical (unpaired) electrons. The smallest absolute Gasteiger partial charge is 0.271 e. The van der Waals surface area contributed by atoms with Crippen molar-refractivity contribution >= 4 is 46.3 Å². The van der Waals surface area contributed by atoms with Crippen LogP contribution in [-0.2, 0) is 16.0 Å². The Morgan fingerprint density at radius 2 is 1.57 bits per heavy atom. The third-order valence-corrected chi connectivity index (χ3v) is 10.2. The molecule has 254 valence electrons. The second-order valence-corrected chi connectivity index (χ2v) is 14.3. The van der Waals surface area contributed by atoms with Crippen LogP contribution in [0.3, 0.4) is 0 Å². The lowest BCUT2D eigenvalue weighted by molar-refractivity contribution is -0.134. The van der Waals surface area contributed by atoms with Crippen LogP contribution < -0.4 is 21.7 Å². The van der Waals surface area contributed by atoms with Crippen LogP contribution in [0.25, 0.3) is 0 Å². The van der Waals surface area contributed by atoms with Gasteiger partial charge >= 0.3 is 0 Å². The van der Waals surface area contributed by atoms with Gasteiger partial charge in [-0.15, -0.1) is 22.7 Å². The average molecular weight is 682 g/mol. The quantitative estimate of drug-likeness (QED) is 0.283. The number of hydrogen-bond acceptors (Lipinski definition) is 9. The minimum Gasteiger partial charge on any atom is -0.351 e. The molecule has 11 nitrogen and oxygen atoms in total. The maximum absolute atomic E-state index is 13.5. The predicted octanol–water partition coefficient (Wildman–Crippen LogP) is 4.63. The molecule has 5 N–H and O–H groups in total. The van der Waals surface area contributed by atoms with Crippen molar-refractivity contribution in [3.8, 4) is 0 Å². The number of amides is 4. The van der Waals surface area contributed by atoms with Gasteiger partial charge in [0.2, 0.25) is 11.8 Å². The monoisotopic (exact) mass is 681 g/mol. The molecule has 4 bridgehead atoms. The average Bonchev–Trinajstić information content (AvgIpc) is 3.75. The largest absolute Gasteiger partial charge is 0.351 e. The predicted molar refractivity (Wildman–Crippen MR) is 185 cm³/mol. The minimum absolute atomic E-state index is 0.0153. The van der Waals surface area contributed by atoms with Crippen LogP contribution >= 0.6 is 22.7 Å². The Labute approximate surface area is 285 Å². The van der Waals surface area contributed by atoms with Crippen molar-refractivity contribution in [3.05, 3.63) is 68.1 Å². The van der Waals surface area contributed by atoms with Gasteiger partial charge in [-0.2, -0.15) is 0 Å². The summed E-state index contributed by atoms with van der Waals surface area (Å²) in [5.41, 5.74) is 7.86. The molecule has 1 aliphatic heterocycles. The maximum atomic E-state index is 13.5. The van der Waals surface area contributed by atoms with E-state index in [2.05, 4.69) is 39.8 Å². The van der Waals surface area contributed by atoms with Gasteiger partial charge in [0.1, 0.15) is 21.4 Å². The molecule has 13 heteroatoms. The van der Waals surface area contributed by atoms with Crippen LogP contribution in [0.15, 0.2) is 41.1 Å². The second kappa shape index (κ2) is 17.5. The number of rotatable bonds is 7. The van der Waals surface area contributed by atoms with Crippen LogP contribution in [0.1, 0.15) is 108 Å². The third kappa shape index (κ3) is 10.4. The Bertz CT molecular complexity index is 1490. The molecular weight excluding hydrogens is 635 g/mol. The summed E-state index contributed by atoms with van der Waals surface area (Å²) in [6.07, 6.45) is 3.11. The van der Waals surface area contributed by atoms with Gasteiger partial charge in [0.05, 0.1) is 18.1 Å². The van der Waals surface area contributed by atoms with Crippen LogP contribution in [0, 0.1) is 11.8 Å². The van der Waals surface area contributed by atoms with E-state index < -0.39 is 12.1 Å². The second-order valence-electron chi connectivity index (χ2n) is 12.6. The molecule has 4 rings (SSSR count). The van der Waals surface area contributed by atoms with Gasteiger partial charge in [-0.25, -0.2) is 9.97 Å². The molecule has 1 aliphatic rings. The van der Waals surface area contributed by atoms with Crippen LogP contribution in [0.5, 0.6) is 0 Å². The van der Waals surface area contributed by atoms with Gasteiger partial charge in [-0.1, -0.05) is 64.4 Å². The molecule has 4 atom stereocenters. The fraction of sp³-hybridized carbons (Fsp3) is 0.529. The zero-order chi connectivity index (χ0) is 33.9. The fourth-order valence-electron chi connectivity index (χ4n) is 5.38. The fourth-order valence-corrected chi connectivity index (χ4v) is 7.09. The van der Waals surface area contributed by atoms with E-state index in [0.717, 1.165) is 12.0 Å². The number of aromatic nitrogens is 2. The van der Waals surface area contributed by atoms with Crippen LogP contribution in [0.4, 0.5) is 0 Å². The summed E-state index contributed by atoms with van der Waals surface area (Å²) in [6.45, 7) is 9.22. The van der Waals surface area contributed by atoms with Crippen molar-refractivity contribution in [1.82, 2.24) is 30.8 Å². The van der Waals surface area contributed by atoms with Crippen molar-refractivity contribution in [3.63, 3.8) is 0 Å². The first-order valence-electron chi connectivity index (χ1n) is 16.4. The number of thiazole rings is 2. The van der Waals surface area contributed by atoms with Crippen molar-refractivity contribution in [2.45, 2.75) is 84.3 Å². The van der Waals surface area contributed by atoms with Crippen molar-refractivity contribution in [2.75, 3.05) is 19.6 Å². The van der Waals surface area contributed by atoms with Gasteiger partial charge in [0, 0.05) is 36.8 Å². The highest BCUT2D eigenvalue weighted by Crippen LogP contribution is 2.27. The zero-order valence-electron chi connectivity index (χ0n) is 27.7. The molecule has 3 heterocycles. The summed E-state index contributed by atoms with van der Waals surface area (Å²) in [7, 11) is 0. The summed E-state index contributed by atoms with van der Waals surface area (Å²) in [6, 6.07) is 8.30.